The molecule has 17 nitrogen and oxygen atoms in total. The summed E-state index contributed by atoms with van der Waals surface area (Å²) in [7, 11) is 5.08. The number of piperazine rings is 1. The van der Waals surface area contributed by atoms with Crippen LogP contribution in [0.2, 0.25) is 0 Å². The lowest BCUT2D eigenvalue weighted by atomic mass is 9.71. The van der Waals surface area contributed by atoms with Crippen molar-refractivity contribution in [3.63, 3.8) is 0 Å². The Balaban J connectivity index is 1.27. The van der Waals surface area contributed by atoms with Gasteiger partial charge in [0.05, 0.1) is 44.2 Å². The van der Waals surface area contributed by atoms with Crippen LogP contribution in [0.15, 0.2) is 18.2 Å². The summed E-state index contributed by atoms with van der Waals surface area (Å²) in [5.74, 6) is 1.88. The molecule has 0 amide bonds. The van der Waals surface area contributed by atoms with Crippen molar-refractivity contribution in [2.75, 3.05) is 53.6 Å². The van der Waals surface area contributed by atoms with Gasteiger partial charge in [0.25, 0.3) is 0 Å². The van der Waals surface area contributed by atoms with Crippen LogP contribution in [0.5, 0.6) is 40.2 Å². The van der Waals surface area contributed by atoms with E-state index in [-0.39, 0.29) is 49.1 Å². The number of carbonyl (C=O) groups is 3. The number of ether oxygens (including phenoxy) is 8. The Labute approximate surface area is 407 Å². The Morgan fingerprint density at radius 1 is 0.957 bits per heavy atom. The second kappa shape index (κ2) is 19.0. The molecule has 7 aliphatic heterocycles. The minimum absolute atomic E-state index is 0.0452. The molecule has 1 unspecified atom stereocenters. The zero-order valence-corrected chi connectivity index (χ0v) is 41.8. The number of benzene rings is 3. The van der Waals surface area contributed by atoms with Crippen LogP contribution < -0.4 is 38.6 Å². The van der Waals surface area contributed by atoms with Crippen LogP contribution in [0.25, 0.3) is 0 Å². The van der Waals surface area contributed by atoms with Gasteiger partial charge in [0.1, 0.15) is 18.2 Å². The van der Waals surface area contributed by atoms with Crippen molar-refractivity contribution in [2.45, 2.75) is 134 Å². The number of likely N-dealkylation sites (N-methyl/N-ethyl adjacent to an activating group) is 1. The lowest BCUT2D eigenvalue weighted by molar-refractivity contribution is -0.208. The number of rotatable bonds is 11. The number of thioether (sulfide) groups is 1. The molecule has 3 aromatic rings. The molecule has 18 heteroatoms. The van der Waals surface area contributed by atoms with Crippen molar-refractivity contribution in [1.82, 2.24) is 15.1 Å². The van der Waals surface area contributed by atoms with E-state index in [1.165, 1.54) is 18.9 Å². The van der Waals surface area contributed by atoms with E-state index in [1.54, 1.807) is 40.0 Å². The Morgan fingerprint density at radius 3 is 2.45 bits per heavy atom. The number of nitrogens with zero attached hydrogens (tertiary/aromatic N) is 3. The highest BCUT2D eigenvalue weighted by Crippen LogP contribution is 2.65. The van der Waals surface area contributed by atoms with Gasteiger partial charge in [-0.15, -0.1) is 11.8 Å². The summed E-state index contributed by atoms with van der Waals surface area (Å²) in [6.45, 7) is 13.6. The van der Waals surface area contributed by atoms with E-state index in [0.717, 1.165) is 40.7 Å². The Hall–Kier alpha value is -5.45. The van der Waals surface area contributed by atoms with Crippen molar-refractivity contribution in [2.24, 2.45) is 0 Å². The summed E-state index contributed by atoms with van der Waals surface area (Å²) >= 11 is 1.52. The molecule has 2 fully saturated rings. The van der Waals surface area contributed by atoms with Crippen LogP contribution in [-0.2, 0) is 42.3 Å². The molecule has 1 spiro atoms. The lowest BCUT2D eigenvalue weighted by Crippen LogP contribution is -2.69. The van der Waals surface area contributed by atoms with E-state index in [9.17, 15) is 14.9 Å². The fourth-order valence-corrected chi connectivity index (χ4v) is 12.9. The van der Waals surface area contributed by atoms with Crippen LogP contribution >= 0.6 is 11.8 Å². The third-order valence-corrected chi connectivity index (χ3v) is 15.6. The van der Waals surface area contributed by atoms with Crippen molar-refractivity contribution >= 4 is 29.9 Å². The average Bonchev–Trinajstić information content (AvgIpc) is 3.80. The first-order valence-corrected chi connectivity index (χ1v) is 24.9. The standard InChI is InChI=1S/C51H62N4O13S/c1-11-13-17-64-68-43-27(4)44-45(63-25-62-44)38-33-23-61-48(57)51(30-21-34(59-9)35(20-28(30)15-16-53-51)65-49(58)67-50(5,6)7)24-69-47(39(38)43)41-40-37-29(19-31(54(40)8)32(22-52)55(33)41)18-26(3)42(60-10)46(37)66-36(56)14-12-2/h18,20-21,31-33,40-41,47,53H,11-17,19,23-25H2,1-10H3/t31-,32-,33-,40-,41?,47+,51+/m0/s1. The van der Waals surface area contributed by atoms with Crippen molar-refractivity contribution < 1.29 is 62.1 Å². The number of fused-ring (bicyclic) bond motifs is 9. The zero-order chi connectivity index (χ0) is 49.1. The second-order valence-electron chi connectivity index (χ2n) is 19.5. The smallest absolute Gasteiger partial charge is 0.493 e. The SMILES string of the molecule is CCCCOOc1c(C)c2c(c3c1[C@H]1SC[C@]4(NCCc5cc(OC(=O)OC(C)(C)C)c(OC)cc54)C(=O)OC[C@@H]3N3C1[C@@H]1c4c(cc(C)c(OC)c4OC(=O)CCC)C[C@@H]([C@@H]3C#N)N1C)OCO2. The van der Waals surface area contributed by atoms with Crippen LogP contribution in [0.1, 0.15) is 122 Å². The van der Waals surface area contributed by atoms with Gasteiger partial charge >= 0.3 is 18.1 Å². The Morgan fingerprint density at radius 2 is 1.74 bits per heavy atom. The van der Waals surface area contributed by atoms with E-state index in [4.69, 9.17) is 47.7 Å². The van der Waals surface area contributed by atoms with Gasteiger partial charge < -0.3 is 42.8 Å². The van der Waals surface area contributed by atoms with Gasteiger partial charge in [-0.1, -0.05) is 26.3 Å². The normalized spacial score (nSPS) is 25.6. The number of hydrogen-bond acceptors (Lipinski definition) is 18. The number of hydrogen-bond donors (Lipinski definition) is 1. The molecule has 7 heterocycles. The third kappa shape index (κ3) is 8.27. The van der Waals surface area contributed by atoms with Gasteiger partial charge in [-0.25, -0.2) is 9.59 Å². The minimum atomic E-state index is -1.44. The van der Waals surface area contributed by atoms with Gasteiger partial charge in [-0.2, -0.15) is 10.1 Å². The highest BCUT2D eigenvalue weighted by Gasteiger charge is 2.62. The molecule has 1 N–H and O–H groups in total. The first-order chi connectivity index (χ1) is 33.1. The number of carbonyl (C=O) groups excluding carboxylic acids is 3. The number of aryl methyl sites for hydroxylation is 1. The average molecular weight is 971 g/mol. The molecule has 0 aromatic heterocycles. The topological polar surface area (TPSA) is 186 Å². The van der Waals surface area contributed by atoms with Gasteiger partial charge in [-0.3, -0.25) is 19.9 Å². The van der Waals surface area contributed by atoms with Gasteiger partial charge in [-0.05, 0) is 102 Å². The maximum absolute atomic E-state index is 15.3. The third-order valence-electron chi connectivity index (χ3n) is 14.1. The quantitative estimate of drug-likeness (QED) is 0.0490. The number of methoxy groups -OCH3 is 2. The van der Waals surface area contributed by atoms with Crippen molar-refractivity contribution in [1.29, 1.82) is 5.26 Å². The number of nitriles is 1. The highest BCUT2D eigenvalue weighted by molar-refractivity contribution is 7.99. The maximum atomic E-state index is 15.3. The fourth-order valence-electron chi connectivity index (χ4n) is 11.2. The van der Waals surface area contributed by atoms with Crippen LogP contribution in [0, 0.1) is 25.2 Å². The molecule has 10 rings (SSSR count). The predicted octanol–water partition coefficient (Wildman–Crippen LogP) is 7.78. The number of nitrogens with one attached hydrogen (secondary N) is 1. The monoisotopic (exact) mass is 970 g/mol. The van der Waals surface area contributed by atoms with E-state index < -0.39 is 52.7 Å². The summed E-state index contributed by atoms with van der Waals surface area (Å²) in [5.41, 5.74) is 3.84. The molecule has 7 aliphatic rings. The van der Waals surface area contributed by atoms with E-state index in [0.29, 0.717) is 77.9 Å². The van der Waals surface area contributed by atoms with Crippen LogP contribution in [0.3, 0.4) is 0 Å². The summed E-state index contributed by atoms with van der Waals surface area (Å²) in [6, 6.07) is 5.42. The van der Waals surface area contributed by atoms with Crippen molar-refractivity contribution in [3.05, 3.63) is 62.7 Å². The Bertz CT molecular complexity index is 2590. The first-order valence-electron chi connectivity index (χ1n) is 23.8. The molecule has 0 radical (unpaired) electrons. The summed E-state index contributed by atoms with van der Waals surface area (Å²) in [4.78, 5) is 58.8. The fraction of sp³-hybridized carbons (Fsp3) is 0.569. The molecule has 69 heavy (non-hydrogen) atoms. The molecular weight excluding hydrogens is 909 g/mol. The van der Waals surface area contributed by atoms with Crippen molar-refractivity contribution in [3.8, 4) is 46.3 Å². The van der Waals surface area contributed by atoms with Gasteiger partial charge in [0.15, 0.2) is 45.8 Å². The predicted molar refractivity (Wildman–Crippen MR) is 252 cm³/mol. The number of esters is 2. The van der Waals surface area contributed by atoms with Crippen LogP contribution in [-0.4, -0.2) is 105 Å². The molecular formula is C51H62N4O13S. The summed E-state index contributed by atoms with van der Waals surface area (Å²) in [5, 5.41) is 14.5. The molecule has 0 aliphatic carbocycles. The van der Waals surface area contributed by atoms with Gasteiger partial charge in [0, 0.05) is 53.1 Å². The second-order valence-corrected chi connectivity index (χ2v) is 20.6. The first kappa shape index (κ1) is 48.6. The van der Waals surface area contributed by atoms with E-state index in [1.807, 2.05) is 27.8 Å². The largest absolute Gasteiger partial charge is 0.514 e. The highest BCUT2D eigenvalue weighted by atomic mass is 32.2. The molecule has 4 bridgehead atoms. The molecule has 370 valence electrons. The number of unbranched alkanes of at least 4 members (excludes halogenated alkanes) is 1. The zero-order valence-electron chi connectivity index (χ0n) is 41.0. The summed E-state index contributed by atoms with van der Waals surface area (Å²) in [6.07, 6.45) is 2.54. The van der Waals surface area contributed by atoms with Gasteiger partial charge in [0.2, 0.25) is 6.79 Å². The molecule has 2 saturated heterocycles. The molecule has 7 atom stereocenters. The van der Waals surface area contributed by atoms with E-state index in [2.05, 4.69) is 34.2 Å². The molecule has 0 saturated carbocycles. The summed E-state index contributed by atoms with van der Waals surface area (Å²) < 4.78 is 48.7. The van der Waals surface area contributed by atoms with Crippen LogP contribution in [0.4, 0.5) is 4.79 Å². The minimum Gasteiger partial charge on any atom is -0.493 e. The van der Waals surface area contributed by atoms with E-state index >= 15 is 4.79 Å². The maximum Gasteiger partial charge on any atom is 0.514 e. The lowest BCUT2D eigenvalue weighted by Gasteiger charge is -2.62. The Kier molecular flexibility index (Phi) is 13.4. The molecule has 3 aromatic carbocycles.